The molecule has 2 nitrogen and oxygen atoms in total. The number of hydrogen-bond donors (Lipinski definition) is 1. The number of rotatable bonds is 5. The summed E-state index contributed by atoms with van der Waals surface area (Å²) in [4.78, 5) is 13.0. The van der Waals surface area contributed by atoms with Gasteiger partial charge in [0.05, 0.1) is 0 Å². The molecule has 1 N–H and O–H groups in total. The van der Waals surface area contributed by atoms with Gasteiger partial charge in [0.1, 0.15) is 23.5 Å². The maximum absolute atomic E-state index is 14.5. The van der Waals surface area contributed by atoms with E-state index in [1.54, 1.807) is 0 Å². The molecule has 3 aromatic rings. The minimum Gasteiger partial charge on any atom is -0.371 e. The third-order valence-electron chi connectivity index (χ3n) is 3.84. The fourth-order valence-corrected chi connectivity index (χ4v) is 2.89. The predicted octanol–water partition coefficient (Wildman–Crippen LogP) is 6.45. The highest BCUT2D eigenvalue weighted by molar-refractivity contribution is 6.31. The molecule has 0 aliphatic carbocycles. The summed E-state index contributed by atoms with van der Waals surface area (Å²) in [5, 5.41) is 3.29. The number of benzene rings is 3. The number of carbonyl (C=O) groups is 1. The van der Waals surface area contributed by atoms with Crippen LogP contribution in [-0.4, -0.2) is 5.78 Å². The molecule has 0 amide bonds. The first-order valence-corrected chi connectivity index (χ1v) is 8.56. The average Bonchev–Trinajstić information content (AvgIpc) is 2.59. The van der Waals surface area contributed by atoms with Gasteiger partial charge in [0, 0.05) is 32.9 Å². The topological polar surface area (TPSA) is 29.1 Å². The molecule has 138 valence electrons. The molecule has 1 atom stereocenters. The van der Waals surface area contributed by atoms with Crippen LogP contribution < -0.4 is 5.32 Å². The van der Waals surface area contributed by atoms with Crippen LogP contribution in [0.2, 0.25) is 10.0 Å². The van der Waals surface area contributed by atoms with Crippen molar-refractivity contribution in [1.82, 2.24) is 0 Å². The van der Waals surface area contributed by atoms with Crippen LogP contribution in [0.25, 0.3) is 0 Å². The zero-order valence-electron chi connectivity index (χ0n) is 13.6. The summed E-state index contributed by atoms with van der Waals surface area (Å²) in [6.07, 6.45) is 0. The fourth-order valence-electron chi connectivity index (χ4n) is 2.60. The fraction of sp³-hybridized carbons (Fsp3) is 0.0500. The molecule has 0 spiro atoms. The molecule has 0 aromatic heterocycles. The van der Waals surface area contributed by atoms with Crippen LogP contribution in [0.3, 0.4) is 0 Å². The smallest absolute Gasteiger partial charge is 0.189 e. The van der Waals surface area contributed by atoms with Gasteiger partial charge in [0.2, 0.25) is 0 Å². The molecule has 0 heterocycles. The Morgan fingerprint density at radius 3 is 2.00 bits per heavy atom. The van der Waals surface area contributed by atoms with Crippen LogP contribution in [0.5, 0.6) is 0 Å². The first-order valence-electron chi connectivity index (χ1n) is 7.81. The molecule has 0 saturated heterocycles. The number of ketones is 1. The Bertz CT molecular complexity index is 973. The Labute approximate surface area is 163 Å². The average molecular weight is 410 g/mol. The first kappa shape index (κ1) is 19.3. The number of anilines is 1. The Morgan fingerprint density at radius 2 is 1.41 bits per heavy atom. The van der Waals surface area contributed by atoms with Gasteiger partial charge in [-0.2, -0.15) is 0 Å². The third-order valence-corrected chi connectivity index (χ3v) is 4.33. The Hall–Kier alpha value is -2.50. The minimum atomic E-state index is -1.23. The second kappa shape index (κ2) is 8.03. The molecular weight excluding hydrogens is 398 g/mol. The zero-order chi connectivity index (χ0) is 19.6. The van der Waals surface area contributed by atoms with E-state index in [1.165, 1.54) is 36.4 Å². The van der Waals surface area contributed by atoms with E-state index in [2.05, 4.69) is 5.32 Å². The monoisotopic (exact) mass is 409 g/mol. The summed E-state index contributed by atoms with van der Waals surface area (Å²) in [6.45, 7) is 0. The van der Waals surface area contributed by atoms with E-state index in [9.17, 15) is 18.0 Å². The molecule has 27 heavy (non-hydrogen) atoms. The largest absolute Gasteiger partial charge is 0.371 e. The molecule has 0 bridgehead atoms. The van der Waals surface area contributed by atoms with Crippen molar-refractivity contribution in [2.45, 2.75) is 6.04 Å². The molecule has 0 aliphatic heterocycles. The summed E-state index contributed by atoms with van der Waals surface area (Å²) in [5.41, 5.74) is 0.237. The molecule has 3 aromatic carbocycles. The summed E-state index contributed by atoms with van der Waals surface area (Å²) in [7, 11) is 0. The second-order valence-corrected chi connectivity index (χ2v) is 6.65. The lowest BCUT2D eigenvalue weighted by Crippen LogP contribution is -2.22. The van der Waals surface area contributed by atoms with Crippen LogP contribution in [-0.2, 0) is 0 Å². The van der Waals surface area contributed by atoms with Crippen molar-refractivity contribution in [2.75, 3.05) is 5.32 Å². The van der Waals surface area contributed by atoms with E-state index in [1.807, 2.05) is 0 Å². The van der Waals surface area contributed by atoms with Gasteiger partial charge in [-0.05, 0) is 48.5 Å². The van der Waals surface area contributed by atoms with Gasteiger partial charge in [-0.25, -0.2) is 13.2 Å². The van der Waals surface area contributed by atoms with Gasteiger partial charge in [0.25, 0.3) is 0 Å². The van der Waals surface area contributed by atoms with Gasteiger partial charge in [-0.1, -0.05) is 29.3 Å². The Kier molecular flexibility index (Phi) is 5.73. The summed E-state index contributed by atoms with van der Waals surface area (Å²) >= 11 is 11.6. The molecule has 0 fully saturated rings. The number of nitrogens with one attached hydrogen (secondary N) is 1. The van der Waals surface area contributed by atoms with E-state index >= 15 is 0 Å². The normalized spacial score (nSPS) is 11.9. The first-order chi connectivity index (χ1) is 12.8. The summed E-state index contributed by atoms with van der Waals surface area (Å²) < 4.78 is 41.5. The molecular formula is C20H12Cl2F3NO. The molecule has 0 aliphatic rings. The maximum Gasteiger partial charge on any atom is 0.189 e. The summed E-state index contributed by atoms with van der Waals surface area (Å²) in [6, 6.07) is 11.3. The Morgan fingerprint density at radius 1 is 0.815 bits per heavy atom. The predicted molar refractivity (Wildman–Crippen MR) is 99.9 cm³/mol. The number of carbonyl (C=O) groups excluding carboxylic acids is 1. The summed E-state index contributed by atoms with van der Waals surface area (Å²) in [5.74, 6) is -2.88. The number of Topliss-reactive ketones (excluding diaryl/α,β-unsaturated/α-hetero) is 1. The standard InChI is InChI=1S/C20H12Cl2F3NO/c21-12-3-1-11(2-4-12)20(27)19(17-6-5-13(22)7-18(17)25)26-16-9-14(23)8-15(24)10-16/h1-10,19,26H. The van der Waals surface area contributed by atoms with Crippen molar-refractivity contribution in [3.05, 3.63) is 99.3 Å². The molecule has 3 rings (SSSR count). The van der Waals surface area contributed by atoms with Gasteiger partial charge in [-0.15, -0.1) is 0 Å². The highest BCUT2D eigenvalue weighted by atomic mass is 35.5. The van der Waals surface area contributed by atoms with Crippen molar-refractivity contribution < 1.29 is 18.0 Å². The quantitative estimate of drug-likeness (QED) is 0.490. The van der Waals surface area contributed by atoms with Crippen molar-refractivity contribution in [3.63, 3.8) is 0 Å². The lowest BCUT2D eigenvalue weighted by Gasteiger charge is -2.20. The van der Waals surface area contributed by atoms with E-state index in [0.29, 0.717) is 11.1 Å². The maximum atomic E-state index is 14.5. The zero-order valence-corrected chi connectivity index (χ0v) is 15.2. The van der Waals surface area contributed by atoms with Crippen LogP contribution in [0.4, 0.5) is 18.9 Å². The van der Waals surface area contributed by atoms with Crippen LogP contribution in [0.15, 0.2) is 60.7 Å². The second-order valence-electron chi connectivity index (χ2n) is 5.77. The van der Waals surface area contributed by atoms with Gasteiger partial charge < -0.3 is 5.32 Å². The van der Waals surface area contributed by atoms with Crippen molar-refractivity contribution in [1.29, 1.82) is 0 Å². The van der Waals surface area contributed by atoms with Crippen molar-refractivity contribution in [2.24, 2.45) is 0 Å². The Balaban J connectivity index is 2.05. The van der Waals surface area contributed by atoms with Crippen LogP contribution in [0.1, 0.15) is 22.0 Å². The van der Waals surface area contributed by atoms with Crippen LogP contribution in [0, 0.1) is 17.5 Å². The number of hydrogen-bond acceptors (Lipinski definition) is 2. The lowest BCUT2D eigenvalue weighted by atomic mass is 9.96. The van der Waals surface area contributed by atoms with Crippen LogP contribution >= 0.6 is 23.2 Å². The lowest BCUT2D eigenvalue weighted by molar-refractivity contribution is 0.0968. The SMILES string of the molecule is O=C(c1ccc(Cl)cc1)C(Nc1cc(F)cc(F)c1)c1ccc(Cl)cc1F. The van der Waals surface area contributed by atoms with E-state index < -0.39 is 29.3 Å². The molecule has 0 saturated carbocycles. The number of halogens is 5. The van der Waals surface area contributed by atoms with Gasteiger partial charge in [0.15, 0.2) is 5.78 Å². The highest BCUT2D eigenvalue weighted by Crippen LogP contribution is 2.28. The van der Waals surface area contributed by atoms with Crippen molar-refractivity contribution >= 4 is 34.7 Å². The molecule has 7 heteroatoms. The minimum absolute atomic E-state index is 0.00540. The third kappa shape index (κ3) is 4.62. The van der Waals surface area contributed by atoms with Crippen molar-refractivity contribution in [3.8, 4) is 0 Å². The molecule has 0 radical (unpaired) electrons. The highest BCUT2D eigenvalue weighted by Gasteiger charge is 2.25. The van der Waals surface area contributed by atoms with Gasteiger partial charge in [-0.3, -0.25) is 4.79 Å². The van der Waals surface area contributed by atoms with Gasteiger partial charge >= 0.3 is 0 Å². The van der Waals surface area contributed by atoms with E-state index in [-0.39, 0.29) is 21.8 Å². The molecule has 1 unspecified atom stereocenters. The van der Waals surface area contributed by atoms with E-state index in [4.69, 9.17) is 23.2 Å². The van der Waals surface area contributed by atoms with E-state index in [0.717, 1.165) is 18.2 Å².